The zero-order valence-electron chi connectivity index (χ0n) is 21.2. The van der Waals surface area contributed by atoms with Crippen molar-refractivity contribution < 1.29 is 13.9 Å². The number of benzene rings is 2. The van der Waals surface area contributed by atoms with Gasteiger partial charge in [0.15, 0.2) is 5.82 Å². The largest absolute Gasteiger partial charge is 0.491 e. The lowest BCUT2D eigenvalue weighted by molar-refractivity contribution is -0.115. The molecule has 0 radical (unpaired) electrons. The molecule has 1 saturated heterocycles. The van der Waals surface area contributed by atoms with Crippen LogP contribution in [0.15, 0.2) is 53.6 Å². The third-order valence-corrected chi connectivity index (χ3v) is 7.41. The van der Waals surface area contributed by atoms with Gasteiger partial charge in [-0.15, -0.1) is 0 Å². The SMILES string of the molecule is Cc1cc(-n2ccnc(Nc3ccc(F)cc3OCC3CCCCC3)c2=O)ccc1CN1CC(C=O)C1. The Kier molecular flexibility index (Phi) is 7.65. The van der Waals surface area contributed by atoms with Crippen molar-refractivity contribution in [2.75, 3.05) is 25.0 Å². The Morgan fingerprint density at radius 1 is 1.14 bits per heavy atom. The molecule has 0 spiro atoms. The third kappa shape index (κ3) is 5.91. The lowest BCUT2D eigenvalue weighted by Gasteiger charge is -2.36. The number of anilines is 2. The van der Waals surface area contributed by atoms with E-state index in [0.29, 0.717) is 24.0 Å². The van der Waals surface area contributed by atoms with Gasteiger partial charge in [-0.25, -0.2) is 9.37 Å². The topological polar surface area (TPSA) is 76.5 Å². The maximum atomic E-state index is 14.0. The molecule has 37 heavy (non-hydrogen) atoms. The van der Waals surface area contributed by atoms with Crippen LogP contribution in [0.25, 0.3) is 5.69 Å². The van der Waals surface area contributed by atoms with E-state index in [1.807, 2.05) is 25.1 Å². The summed E-state index contributed by atoms with van der Waals surface area (Å²) in [5, 5.41) is 3.07. The molecule has 1 aliphatic carbocycles. The van der Waals surface area contributed by atoms with Crippen LogP contribution in [-0.2, 0) is 11.3 Å². The Morgan fingerprint density at radius 2 is 1.95 bits per heavy atom. The molecule has 2 aliphatic rings. The number of carbonyl (C=O) groups is 1. The van der Waals surface area contributed by atoms with Crippen LogP contribution in [0.3, 0.4) is 0 Å². The summed E-state index contributed by atoms with van der Waals surface area (Å²) in [6.07, 6.45) is 10.1. The summed E-state index contributed by atoms with van der Waals surface area (Å²) < 4.78 is 21.6. The second kappa shape index (κ2) is 11.3. The number of rotatable bonds is 9. The Labute approximate surface area is 216 Å². The summed E-state index contributed by atoms with van der Waals surface area (Å²) in [6, 6.07) is 10.2. The summed E-state index contributed by atoms with van der Waals surface area (Å²) in [7, 11) is 0. The molecular formula is C29H33FN4O3. The molecule has 0 atom stereocenters. The Balaban J connectivity index is 1.32. The number of likely N-dealkylation sites (tertiary alicyclic amines) is 1. The average Bonchev–Trinajstić information content (AvgIpc) is 2.88. The fourth-order valence-corrected chi connectivity index (χ4v) is 5.18. The Bertz CT molecular complexity index is 1310. The van der Waals surface area contributed by atoms with E-state index in [-0.39, 0.29) is 17.3 Å². The quantitative estimate of drug-likeness (QED) is 0.413. The van der Waals surface area contributed by atoms with Gasteiger partial charge < -0.3 is 14.8 Å². The van der Waals surface area contributed by atoms with Crippen LogP contribution in [0.2, 0.25) is 0 Å². The maximum absolute atomic E-state index is 14.0. The second-order valence-corrected chi connectivity index (χ2v) is 10.2. The smallest absolute Gasteiger partial charge is 0.298 e. The minimum absolute atomic E-state index is 0.138. The standard InChI is InChI=1S/C29H33FN4O3/c1-20-13-25(9-7-23(20)17-33-15-22(16-33)18-35)34-12-11-31-28(29(34)36)32-26-10-8-24(30)14-27(26)37-19-21-5-3-2-4-6-21/h7-14,18,21-22H,2-6,15-17,19H2,1H3,(H,31,32). The van der Waals surface area contributed by atoms with Crippen LogP contribution in [0.5, 0.6) is 5.75 Å². The van der Waals surface area contributed by atoms with Crippen molar-refractivity contribution in [3.63, 3.8) is 0 Å². The Morgan fingerprint density at radius 3 is 2.70 bits per heavy atom. The van der Waals surface area contributed by atoms with Gasteiger partial charge in [0, 0.05) is 49.7 Å². The molecule has 0 amide bonds. The van der Waals surface area contributed by atoms with Crippen molar-refractivity contribution in [1.82, 2.24) is 14.5 Å². The molecule has 1 saturated carbocycles. The maximum Gasteiger partial charge on any atom is 0.298 e. The monoisotopic (exact) mass is 504 g/mol. The molecule has 8 heteroatoms. The molecule has 1 aromatic heterocycles. The van der Waals surface area contributed by atoms with Gasteiger partial charge in [0.1, 0.15) is 17.9 Å². The highest BCUT2D eigenvalue weighted by Gasteiger charge is 2.26. The number of aldehydes is 1. The molecular weight excluding hydrogens is 471 g/mol. The highest BCUT2D eigenvalue weighted by Crippen LogP contribution is 2.30. The van der Waals surface area contributed by atoms with Crippen LogP contribution in [-0.4, -0.2) is 40.4 Å². The predicted molar refractivity (Wildman–Crippen MR) is 141 cm³/mol. The van der Waals surface area contributed by atoms with Crippen molar-refractivity contribution in [3.8, 4) is 11.4 Å². The minimum atomic E-state index is -0.391. The number of ether oxygens (including phenoxy) is 1. The van der Waals surface area contributed by atoms with E-state index in [9.17, 15) is 14.0 Å². The fourth-order valence-electron chi connectivity index (χ4n) is 5.18. The number of hydrogen-bond donors (Lipinski definition) is 1. The van der Waals surface area contributed by atoms with Crippen molar-refractivity contribution in [2.45, 2.75) is 45.6 Å². The van der Waals surface area contributed by atoms with Gasteiger partial charge in [-0.3, -0.25) is 14.3 Å². The zero-order valence-corrected chi connectivity index (χ0v) is 21.2. The van der Waals surface area contributed by atoms with E-state index < -0.39 is 5.82 Å². The number of halogens is 1. The average molecular weight is 505 g/mol. The normalized spacial score (nSPS) is 16.8. The van der Waals surface area contributed by atoms with Crippen LogP contribution in [0.4, 0.5) is 15.9 Å². The summed E-state index contributed by atoms with van der Waals surface area (Å²) in [4.78, 5) is 30.7. The van der Waals surface area contributed by atoms with Crippen molar-refractivity contribution >= 4 is 17.8 Å². The molecule has 1 aliphatic heterocycles. The number of hydrogen-bond acceptors (Lipinski definition) is 6. The molecule has 1 N–H and O–H groups in total. The molecule has 2 heterocycles. The van der Waals surface area contributed by atoms with E-state index in [1.54, 1.807) is 23.0 Å². The zero-order chi connectivity index (χ0) is 25.8. The fraction of sp³-hybridized carbons (Fsp3) is 0.414. The van der Waals surface area contributed by atoms with Gasteiger partial charge in [0.25, 0.3) is 5.56 Å². The van der Waals surface area contributed by atoms with Gasteiger partial charge >= 0.3 is 0 Å². The van der Waals surface area contributed by atoms with E-state index in [1.165, 1.54) is 37.0 Å². The first kappa shape index (κ1) is 25.1. The lowest BCUT2D eigenvalue weighted by Crippen LogP contribution is -2.46. The van der Waals surface area contributed by atoms with Gasteiger partial charge in [-0.2, -0.15) is 0 Å². The molecule has 2 aromatic carbocycles. The molecule has 0 unspecified atom stereocenters. The van der Waals surface area contributed by atoms with Gasteiger partial charge in [-0.1, -0.05) is 25.3 Å². The summed E-state index contributed by atoms with van der Waals surface area (Å²) in [5.41, 5.74) is 3.17. The van der Waals surface area contributed by atoms with Crippen molar-refractivity contribution in [2.24, 2.45) is 11.8 Å². The van der Waals surface area contributed by atoms with Crippen LogP contribution >= 0.6 is 0 Å². The van der Waals surface area contributed by atoms with E-state index in [2.05, 4.69) is 15.2 Å². The second-order valence-electron chi connectivity index (χ2n) is 10.2. The van der Waals surface area contributed by atoms with E-state index in [4.69, 9.17) is 4.74 Å². The Hall–Kier alpha value is -3.52. The van der Waals surface area contributed by atoms with E-state index in [0.717, 1.165) is 50.0 Å². The molecule has 7 nitrogen and oxygen atoms in total. The molecule has 5 rings (SSSR count). The van der Waals surface area contributed by atoms with Crippen LogP contribution in [0.1, 0.15) is 43.2 Å². The lowest BCUT2D eigenvalue weighted by atomic mass is 9.90. The van der Waals surface area contributed by atoms with Crippen molar-refractivity contribution in [3.05, 3.63) is 76.1 Å². The number of aromatic nitrogens is 2. The summed E-state index contributed by atoms with van der Waals surface area (Å²) in [6.45, 7) is 4.92. The van der Waals surface area contributed by atoms with Gasteiger partial charge in [0.2, 0.25) is 0 Å². The first-order valence-corrected chi connectivity index (χ1v) is 13.0. The van der Waals surface area contributed by atoms with Gasteiger partial charge in [-0.05, 0) is 61.1 Å². The third-order valence-electron chi connectivity index (χ3n) is 7.41. The molecule has 194 valence electrons. The van der Waals surface area contributed by atoms with Crippen molar-refractivity contribution in [1.29, 1.82) is 0 Å². The van der Waals surface area contributed by atoms with Gasteiger partial charge in [0.05, 0.1) is 12.3 Å². The molecule has 3 aromatic rings. The summed E-state index contributed by atoms with van der Waals surface area (Å²) in [5.74, 6) is 0.734. The first-order valence-electron chi connectivity index (χ1n) is 13.0. The number of nitrogens with one attached hydrogen (secondary N) is 1. The minimum Gasteiger partial charge on any atom is -0.491 e. The predicted octanol–water partition coefficient (Wildman–Crippen LogP) is 5.01. The number of aryl methyl sites for hydroxylation is 1. The van der Waals surface area contributed by atoms with E-state index >= 15 is 0 Å². The molecule has 0 bridgehead atoms. The molecule has 2 fully saturated rings. The van der Waals surface area contributed by atoms with Crippen LogP contribution in [0, 0.1) is 24.6 Å². The first-order chi connectivity index (χ1) is 18.0. The van der Waals surface area contributed by atoms with Crippen LogP contribution < -0.4 is 15.6 Å². The highest BCUT2D eigenvalue weighted by atomic mass is 19.1. The highest BCUT2D eigenvalue weighted by molar-refractivity contribution is 5.64. The number of carbonyl (C=O) groups excluding carboxylic acids is 1. The summed E-state index contributed by atoms with van der Waals surface area (Å²) >= 11 is 0. The number of nitrogens with zero attached hydrogens (tertiary/aromatic N) is 3.